The van der Waals surface area contributed by atoms with Crippen LogP contribution in [0.5, 0.6) is 0 Å². The SMILES string of the molecule is C=CC[C@@]1(C)CCC[C@@H]1S(=O)(=O)c1ncccn1. The third-order valence-electron chi connectivity index (χ3n) is 3.77. The van der Waals surface area contributed by atoms with E-state index >= 15 is 0 Å². The van der Waals surface area contributed by atoms with Crippen molar-refractivity contribution in [3.8, 4) is 0 Å². The van der Waals surface area contributed by atoms with Crippen LogP contribution in [0.1, 0.15) is 32.6 Å². The van der Waals surface area contributed by atoms with Crippen molar-refractivity contribution >= 4 is 9.84 Å². The smallest absolute Gasteiger partial charge is 0.227 e. The Morgan fingerprint density at radius 1 is 1.50 bits per heavy atom. The maximum absolute atomic E-state index is 12.6. The molecule has 4 nitrogen and oxygen atoms in total. The summed E-state index contributed by atoms with van der Waals surface area (Å²) in [7, 11) is -3.44. The maximum Gasteiger partial charge on any atom is 0.247 e. The van der Waals surface area contributed by atoms with E-state index in [4.69, 9.17) is 0 Å². The minimum Gasteiger partial charge on any atom is -0.227 e. The molecule has 18 heavy (non-hydrogen) atoms. The normalized spacial score (nSPS) is 28.2. The Balaban J connectivity index is 2.39. The molecule has 1 aromatic heterocycles. The first-order chi connectivity index (χ1) is 8.50. The summed E-state index contributed by atoms with van der Waals surface area (Å²) in [6.45, 7) is 5.75. The van der Waals surface area contributed by atoms with Gasteiger partial charge in [-0.15, -0.1) is 6.58 Å². The third-order valence-corrected chi connectivity index (χ3v) is 6.05. The number of hydrogen-bond acceptors (Lipinski definition) is 4. The summed E-state index contributed by atoms with van der Waals surface area (Å²) in [6, 6.07) is 1.62. The standard InChI is InChI=1S/C13H18N2O2S/c1-3-7-13(2)8-4-6-11(13)18(16,17)12-14-9-5-10-15-12/h3,5,9-11H,1,4,6-8H2,2H3/t11-,13-/m0/s1. The van der Waals surface area contributed by atoms with E-state index in [1.165, 1.54) is 12.4 Å². The van der Waals surface area contributed by atoms with E-state index < -0.39 is 15.1 Å². The van der Waals surface area contributed by atoms with Gasteiger partial charge in [0.15, 0.2) is 0 Å². The average Bonchev–Trinajstić information content (AvgIpc) is 2.73. The van der Waals surface area contributed by atoms with E-state index in [1.807, 2.05) is 6.92 Å². The van der Waals surface area contributed by atoms with Crippen LogP contribution in [0.4, 0.5) is 0 Å². The van der Waals surface area contributed by atoms with Crippen molar-refractivity contribution < 1.29 is 8.42 Å². The molecule has 0 spiro atoms. The summed E-state index contributed by atoms with van der Waals surface area (Å²) in [5.74, 6) is 0. The van der Waals surface area contributed by atoms with Crippen LogP contribution in [0.2, 0.25) is 0 Å². The van der Waals surface area contributed by atoms with Crippen LogP contribution in [-0.2, 0) is 9.84 Å². The van der Waals surface area contributed by atoms with Gasteiger partial charge in [-0.1, -0.05) is 19.4 Å². The molecule has 0 saturated heterocycles. The molecule has 1 saturated carbocycles. The maximum atomic E-state index is 12.6. The zero-order chi connectivity index (χ0) is 13.2. The minimum absolute atomic E-state index is 0.0489. The Kier molecular flexibility index (Phi) is 3.52. The van der Waals surface area contributed by atoms with Crippen LogP contribution < -0.4 is 0 Å². The summed E-state index contributed by atoms with van der Waals surface area (Å²) in [5, 5.41) is -0.447. The predicted octanol–water partition coefficient (Wildman–Crippen LogP) is 2.39. The molecule has 1 heterocycles. The molecule has 5 heteroatoms. The number of nitrogens with zero attached hydrogens (tertiary/aromatic N) is 2. The first-order valence-electron chi connectivity index (χ1n) is 6.12. The lowest BCUT2D eigenvalue weighted by Gasteiger charge is -2.29. The topological polar surface area (TPSA) is 59.9 Å². The Hall–Kier alpha value is -1.23. The van der Waals surface area contributed by atoms with E-state index in [2.05, 4.69) is 16.5 Å². The molecule has 0 aliphatic heterocycles. The molecule has 0 N–H and O–H groups in total. The van der Waals surface area contributed by atoms with Gasteiger partial charge in [0.25, 0.3) is 0 Å². The second-order valence-corrected chi connectivity index (χ2v) is 7.13. The van der Waals surface area contributed by atoms with Crippen LogP contribution in [0.15, 0.2) is 36.3 Å². The van der Waals surface area contributed by atoms with Crippen molar-refractivity contribution in [2.45, 2.75) is 43.0 Å². The zero-order valence-electron chi connectivity index (χ0n) is 10.5. The Morgan fingerprint density at radius 3 is 2.78 bits per heavy atom. The van der Waals surface area contributed by atoms with Gasteiger partial charge in [0, 0.05) is 12.4 Å². The van der Waals surface area contributed by atoms with Crippen LogP contribution in [0, 0.1) is 5.41 Å². The van der Waals surface area contributed by atoms with E-state index in [1.54, 1.807) is 12.1 Å². The first kappa shape index (κ1) is 13.2. The molecular formula is C13H18N2O2S. The van der Waals surface area contributed by atoms with Gasteiger partial charge in [0.2, 0.25) is 15.0 Å². The van der Waals surface area contributed by atoms with E-state index in [-0.39, 0.29) is 10.6 Å². The number of allylic oxidation sites excluding steroid dienone is 1. The first-order valence-corrected chi connectivity index (χ1v) is 7.67. The molecule has 1 fully saturated rings. The van der Waals surface area contributed by atoms with Gasteiger partial charge in [-0.3, -0.25) is 0 Å². The van der Waals surface area contributed by atoms with Gasteiger partial charge in [0.1, 0.15) is 0 Å². The molecule has 0 amide bonds. The Bertz CT molecular complexity index is 527. The highest BCUT2D eigenvalue weighted by Gasteiger charge is 2.47. The number of aromatic nitrogens is 2. The van der Waals surface area contributed by atoms with Crippen molar-refractivity contribution in [1.82, 2.24) is 9.97 Å². The average molecular weight is 266 g/mol. The summed E-state index contributed by atoms with van der Waals surface area (Å²) >= 11 is 0. The molecule has 1 aromatic rings. The fraction of sp³-hybridized carbons (Fsp3) is 0.538. The number of rotatable bonds is 4. The van der Waals surface area contributed by atoms with Gasteiger partial charge in [0.05, 0.1) is 5.25 Å². The Labute approximate surface area is 108 Å². The summed E-state index contributed by atoms with van der Waals surface area (Å²) in [6.07, 6.45) is 7.99. The van der Waals surface area contributed by atoms with Crippen LogP contribution >= 0.6 is 0 Å². The van der Waals surface area contributed by atoms with E-state index in [0.717, 1.165) is 12.8 Å². The number of sulfone groups is 1. The van der Waals surface area contributed by atoms with Gasteiger partial charge in [-0.2, -0.15) is 0 Å². The minimum atomic E-state index is -3.44. The van der Waals surface area contributed by atoms with Gasteiger partial charge in [-0.25, -0.2) is 18.4 Å². The van der Waals surface area contributed by atoms with Gasteiger partial charge >= 0.3 is 0 Å². The van der Waals surface area contributed by atoms with Gasteiger partial charge < -0.3 is 0 Å². The van der Waals surface area contributed by atoms with Crippen LogP contribution in [0.3, 0.4) is 0 Å². The largest absolute Gasteiger partial charge is 0.247 e. The highest BCUT2D eigenvalue weighted by Crippen LogP contribution is 2.46. The van der Waals surface area contributed by atoms with E-state index in [0.29, 0.717) is 12.8 Å². The van der Waals surface area contributed by atoms with Crippen molar-refractivity contribution in [2.75, 3.05) is 0 Å². The molecule has 1 aliphatic carbocycles. The number of hydrogen-bond donors (Lipinski definition) is 0. The molecule has 2 rings (SSSR count). The zero-order valence-corrected chi connectivity index (χ0v) is 11.4. The van der Waals surface area contributed by atoms with E-state index in [9.17, 15) is 8.42 Å². The lowest BCUT2D eigenvalue weighted by atomic mass is 9.85. The summed E-state index contributed by atoms with van der Waals surface area (Å²) in [4.78, 5) is 7.79. The van der Waals surface area contributed by atoms with Crippen molar-refractivity contribution in [3.05, 3.63) is 31.1 Å². The van der Waals surface area contributed by atoms with Crippen molar-refractivity contribution in [3.63, 3.8) is 0 Å². The predicted molar refractivity (Wildman–Crippen MR) is 69.8 cm³/mol. The highest BCUT2D eigenvalue weighted by atomic mass is 32.2. The van der Waals surface area contributed by atoms with Crippen molar-refractivity contribution in [1.29, 1.82) is 0 Å². The fourth-order valence-corrected chi connectivity index (χ4v) is 4.96. The second-order valence-electron chi connectivity index (χ2n) is 5.10. The second kappa shape index (κ2) is 4.80. The molecule has 0 bridgehead atoms. The molecular weight excluding hydrogens is 248 g/mol. The molecule has 98 valence electrons. The highest BCUT2D eigenvalue weighted by molar-refractivity contribution is 7.91. The molecule has 2 atom stereocenters. The van der Waals surface area contributed by atoms with Crippen molar-refractivity contribution in [2.24, 2.45) is 5.41 Å². The fourth-order valence-electron chi connectivity index (χ4n) is 2.85. The molecule has 1 aliphatic rings. The Morgan fingerprint density at radius 2 is 2.17 bits per heavy atom. The quantitative estimate of drug-likeness (QED) is 0.620. The summed E-state index contributed by atoms with van der Waals surface area (Å²) < 4.78 is 25.1. The molecule has 0 aromatic carbocycles. The molecule has 0 unspecified atom stereocenters. The lowest BCUT2D eigenvalue weighted by Crippen LogP contribution is -2.34. The van der Waals surface area contributed by atoms with Crippen LogP contribution in [-0.4, -0.2) is 23.6 Å². The third kappa shape index (κ3) is 2.19. The monoisotopic (exact) mass is 266 g/mol. The molecule has 0 radical (unpaired) electrons. The lowest BCUT2D eigenvalue weighted by molar-refractivity contribution is 0.340. The van der Waals surface area contributed by atoms with Gasteiger partial charge in [-0.05, 0) is 30.7 Å². The summed E-state index contributed by atoms with van der Waals surface area (Å²) in [5.41, 5.74) is -0.236. The van der Waals surface area contributed by atoms with Crippen LogP contribution in [0.25, 0.3) is 0 Å².